The Morgan fingerprint density at radius 3 is 1.64 bits per heavy atom. The van der Waals surface area contributed by atoms with E-state index in [9.17, 15) is 65.3 Å². The van der Waals surface area contributed by atoms with Gasteiger partial charge in [0, 0.05) is 91.2 Å². The summed E-state index contributed by atoms with van der Waals surface area (Å²) in [6, 6.07) is -2.41. The van der Waals surface area contributed by atoms with Gasteiger partial charge in [0.1, 0.15) is 24.6 Å². The topological polar surface area (TPSA) is 117 Å². The lowest BCUT2D eigenvalue weighted by atomic mass is 9.82. The van der Waals surface area contributed by atoms with Crippen LogP contribution >= 0.6 is 23.5 Å². The molecule has 0 bridgehead atoms. The second-order valence-corrected chi connectivity index (χ2v) is 23.5. The Balaban J connectivity index is 0.000000307. The van der Waals surface area contributed by atoms with Gasteiger partial charge in [-0.05, 0) is 164 Å². The lowest BCUT2D eigenvalue weighted by Crippen LogP contribution is -2.42. The summed E-state index contributed by atoms with van der Waals surface area (Å²) < 4.78 is 356. The maximum atomic E-state index is 14.9. The molecule has 2 aromatic heterocycles. The Labute approximate surface area is 606 Å². The molecule has 96 heavy (non-hydrogen) atoms. The van der Waals surface area contributed by atoms with E-state index in [-0.39, 0.29) is 54.3 Å². The van der Waals surface area contributed by atoms with Crippen LogP contribution < -0.4 is 11.1 Å². The number of likely N-dealkylation sites (N-methyl/N-ethyl adjacent to an activating group) is 2. The zero-order valence-electron chi connectivity index (χ0n) is 80.7. The van der Waals surface area contributed by atoms with Gasteiger partial charge in [0.05, 0.1) is 33.0 Å². The third-order valence-electron chi connectivity index (χ3n) is 15.2. The SMILES string of the molecule is [2HH].[2H]C1=C(C2=C([2H])C([2H])=C(C(F)(F)F)C(C)C2[2H])C([2H])C([2H])C(C([2H])([2H])N(CCN(CC)CC)C(=O)C([2H])([2H])n2c(SCc3c([2H])c([2H])c(F)c([2H])c3[2H])nc(=O)c3c2CCC3)=C1[2H].[2H]c1c([2H])c(CSc2nc(=O)c3c(n2C([2H])([2H])C(=O)N(CCN(CC)CC)C([2H])([2H])c2ccc(-c4ccc(C(F)(F)F)cc4)cc2)C([2H])([2H])C([2H])(C)C3([2H])[2H])c([2H])c([2H])c1F. The Morgan fingerprint density at radius 2 is 1.11 bits per heavy atom. The van der Waals surface area contributed by atoms with Crippen molar-refractivity contribution < 1.29 is 84.5 Å². The lowest BCUT2D eigenvalue weighted by molar-refractivity contribution is -0.137. The Morgan fingerprint density at radius 1 is 0.615 bits per heavy atom. The van der Waals surface area contributed by atoms with Crippen molar-refractivity contribution in [1.82, 2.24) is 38.7 Å². The highest BCUT2D eigenvalue weighted by Gasteiger charge is 2.38. The fourth-order valence-electron chi connectivity index (χ4n) is 10.0. The van der Waals surface area contributed by atoms with Gasteiger partial charge in [-0.15, -0.1) is 0 Å². The number of carbonyl (C=O) groups is 2. The first-order valence-corrected chi connectivity index (χ1v) is 32.2. The van der Waals surface area contributed by atoms with E-state index in [0.29, 0.717) is 77.1 Å². The van der Waals surface area contributed by atoms with Gasteiger partial charge in [-0.25, -0.2) is 8.78 Å². The average molecular weight is 1400 g/mol. The number of benzene rings is 4. The van der Waals surface area contributed by atoms with E-state index < -0.39 is 269 Å². The summed E-state index contributed by atoms with van der Waals surface area (Å²) in [6.45, 7) is -4.07. The molecule has 0 spiro atoms. The highest BCUT2D eigenvalue weighted by Crippen LogP contribution is 2.41. The molecule has 4 aliphatic carbocycles. The summed E-state index contributed by atoms with van der Waals surface area (Å²) in [4.78, 5) is 69.0. The van der Waals surface area contributed by atoms with Gasteiger partial charge in [-0.1, -0.05) is 155 Å². The highest BCUT2D eigenvalue weighted by molar-refractivity contribution is 7.98. The Bertz CT molecular complexity index is 5400. The number of aromatic nitrogens is 4. The number of nitrogens with zero attached hydrogens (tertiary/aromatic N) is 8. The largest absolute Gasteiger partial charge is 0.416 e. The summed E-state index contributed by atoms with van der Waals surface area (Å²) in [5.74, 6) is -12.0. The monoisotopic (exact) mass is 1400 g/mol. The lowest BCUT2D eigenvalue weighted by Gasteiger charge is -2.30. The summed E-state index contributed by atoms with van der Waals surface area (Å²) in [5, 5.41) is -1.33. The molecular weight excluding hydrogens is 1280 g/mol. The number of fused-ring (bicyclic) bond motifs is 2. The number of amides is 2. The number of alkyl halides is 6. The highest BCUT2D eigenvalue weighted by atomic mass is 32.2. The molecule has 0 saturated heterocycles. The maximum Gasteiger partial charge on any atom is 0.416 e. The van der Waals surface area contributed by atoms with Crippen LogP contribution in [-0.4, -0.2) is 116 Å². The van der Waals surface area contributed by atoms with Crippen molar-refractivity contribution in [2.75, 3.05) is 58.9 Å². The Hall–Kier alpha value is -7.40. The van der Waals surface area contributed by atoms with Crippen molar-refractivity contribution in [2.45, 2.75) is 146 Å². The molecule has 5 unspecified atom stereocenters. The van der Waals surface area contributed by atoms with E-state index in [1.54, 1.807) is 37.5 Å². The third-order valence-corrected chi connectivity index (χ3v) is 17.2. The summed E-state index contributed by atoms with van der Waals surface area (Å²) in [5.41, 5.74) is -9.37. The molecule has 0 radical (unpaired) electrons. The summed E-state index contributed by atoms with van der Waals surface area (Å²) >= 11 is 0.854. The third kappa shape index (κ3) is 19.2. The molecular formula is C74H86F8N8O4S2. The van der Waals surface area contributed by atoms with E-state index in [1.807, 2.05) is 0 Å². The van der Waals surface area contributed by atoms with Crippen molar-refractivity contribution in [3.63, 3.8) is 0 Å². The van der Waals surface area contributed by atoms with E-state index >= 15 is 0 Å². The standard InChI is InChI=1S/C37H40F4N4O2S.C37H44F4N4O2S.H2/c1-4-43(5-2)18-19-44(22-26-6-10-28(11-7-26)29-12-14-30(15-13-29)37(39,40)41)34(46)23-45-33-21-25(3)20-32(33)35(47)42-36(45)48-24-27-8-16-31(38)17-9-27;1-4-43(5-2)19-20-44(22-26-9-13-28(14-10-26)29-15-18-32(25(3)21-29)37(39,40)41)34(46)23-45-33-8-6-7-31(33)35(47)42-36(45)48-24-27-11-16-30(38)17-12-27;/h6-17,25H,4-5,18-24H2,1-3H3;9,11-13,15-18,25H,4-8,10,14,19-24H2,1-3H3;1H/i8D,9D,16D,17D,20D2,21D2,22D2,23D2,25D;9D,10D,11D,12D,13D,14D,15D,16D,17D,18D,21D,22D2,23D2;1+1. The predicted octanol–water partition coefficient (Wildman–Crippen LogP) is 15.1. The molecule has 4 aliphatic rings. The summed E-state index contributed by atoms with van der Waals surface area (Å²) in [6.07, 6.45) is -21.9. The minimum atomic E-state index is -5.10. The van der Waals surface area contributed by atoms with Crippen molar-refractivity contribution in [1.29, 1.82) is 0 Å². The van der Waals surface area contributed by atoms with Crippen molar-refractivity contribution >= 4 is 35.3 Å². The van der Waals surface area contributed by atoms with Crippen LogP contribution in [-0.2, 0) is 72.3 Å². The molecule has 5 atom stereocenters. The number of hydrogen-bond donors (Lipinski definition) is 0. The van der Waals surface area contributed by atoms with Gasteiger partial charge < -0.3 is 28.7 Å². The average Bonchev–Trinajstić information content (AvgIpc) is 1.52. The Kier molecular flexibility index (Phi) is 15.2. The van der Waals surface area contributed by atoms with E-state index in [1.165, 1.54) is 36.4 Å². The number of allylic oxidation sites excluding steroid dienone is 7. The summed E-state index contributed by atoms with van der Waals surface area (Å²) in [7, 11) is 0. The normalized spacial score (nSPS) is 25.5. The van der Waals surface area contributed by atoms with E-state index in [4.69, 9.17) is 27.4 Å². The van der Waals surface area contributed by atoms with Crippen molar-refractivity contribution in [2.24, 2.45) is 11.8 Å². The molecule has 514 valence electrons. The molecule has 12 nitrogen and oxygen atoms in total. The number of halogens is 8. The van der Waals surface area contributed by atoms with E-state index in [0.717, 1.165) is 30.5 Å². The second kappa shape index (κ2) is 33.2. The van der Waals surface area contributed by atoms with Gasteiger partial charge >= 0.3 is 12.4 Å². The second-order valence-electron chi connectivity index (χ2n) is 21.6. The zero-order valence-corrected chi connectivity index (χ0v) is 54.3. The quantitative estimate of drug-likeness (QED) is 0.0295. The van der Waals surface area contributed by atoms with E-state index in [2.05, 4.69) is 9.97 Å². The number of rotatable bonds is 26. The van der Waals surface area contributed by atoms with Crippen molar-refractivity contribution in [3.8, 4) is 11.1 Å². The number of carbonyl (C=O) groups excluding carboxylic acids is 2. The maximum absolute atomic E-state index is 14.9. The predicted molar refractivity (Wildman–Crippen MR) is 365 cm³/mol. The zero-order chi connectivity index (χ0) is 93.6. The molecule has 10 rings (SSSR count). The molecule has 22 heteroatoms. The first kappa shape index (κ1) is 43.8. The molecule has 0 N–H and O–H groups in total. The van der Waals surface area contributed by atoms with Crippen LogP contribution in [0.4, 0.5) is 35.1 Å². The molecule has 2 heterocycles. The van der Waals surface area contributed by atoms with Gasteiger partial charge in [0.2, 0.25) is 11.8 Å². The van der Waals surface area contributed by atoms with Crippen molar-refractivity contribution in [3.05, 3.63) is 220 Å². The molecule has 2 amide bonds. The van der Waals surface area contributed by atoms with Crippen LogP contribution in [0, 0.1) is 23.4 Å². The molecule has 0 saturated carbocycles. The number of thioether (sulfide) groups is 2. The van der Waals surface area contributed by atoms with Crippen LogP contribution in [0.5, 0.6) is 0 Å². The fourth-order valence-corrected chi connectivity index (χ4v) is 11.7. The molecule has 4 aromatic carbocycles. The molecule has 6 aromatic rings. The number of hydrogen-bond acceptors (Lipinski definition) is 10. The van der Waals surface area contributed by atoms with Crippen LogP contribution in [0.25, 0.3) is 11.1 Å². The minimum Gasteiger partial charge on any atom is -0.336 e. The first-order chi connectivity index (χ1) is 57.1. The molecule has 0 aliphatic heterocycles. The first-order valence-electron chi connectivity index (χ1n) is 44.5. The van der Waals surface area contributed by atoms with Gasteiger partial charge in [0.15, 0.2) is 10.3 Å². The molecule has 0 fully saturated rings. The van der Waals surface area contributed by atoms with Gasteiger partial charge in [-0.2, -0.15) is 36.3 Å². The fraction of sp³-hybridized carbons (Fsp3) is 0.432. The van der Waals surface area contributed by atoms with Crippen LogP contribution in [0.2, 0.25) is 0 Å². The van der Waals surface area contributed by atoms with Gasteiger partial charge in [0.25, 0.3) is 11.1 Å². The minimum absolute atomic E-state index is 0. The smallest absolute Gasteiger partial charge is 0.336 e. The van der Waals surface area contributed by atoms with Gasteiger partial charge in [-0.3, -0.25) is 19.2 Å². The van der Waals surface area contributed by atoms with Crippen LogP contribution in [0.1, 0.15) is 152 Å². The van der Waals surface area contributed by atoms with Crippen LogP contribution in [0.15, 0.2) is 163 Å². The van der Waals surface area contributed by atoms with Crippen LogP contribution in [0.3, 0.4) is 0 Å².